The van der Waals surface area contributed by atoms with Gasteiger partial charge in [0.2, 0.25) is 5.91 Å². The van der Waals surface area contributed by atoms with Crippen LogP contribution in [0.1, 0.15) is 19.8 Å². The fourth-order valence-corrected chi connectivity index (χ4v) is 3.94. The second-order valence-corrected chi connectivity index (χ2v) is 8.50. The summed E-state index contributed by atoms with van der Waals surface area (Å²) < 4.78 is 5.76. The van der Waals surface area contributed by atoms with Crippen molar-refractivity contribution in [2.75, 3.05) is 28.6 Å². The molecular weight excluding hydrogens is 452 g/mol. The van der Waals surface area contributed by atoms with Gasteiger partial charge >= 0.3 is 6.03 Å². The van der Waals surface area contributed by atoms with Crippen LogP contribution in [0.15, 0.2) is 72.8 Å². The van der Waals surface area contributed by atoms with Crippen LogP contribution in [0.4, 0.5) is 21.9 Å². The summed E-state index contributed by atoms with van der Waals surface area (Å²) in [5, 5.41) is 9.30. The first-order chi connectivity index (χ1) is 16.5. The van der Waals surface area contributed by atoms with E-state index < -0.39 is 0 Å². The van der Waals surface area contributed by atoms with Crippen LogP contribution in [-0.2, 0) is 4.79 Å². The number of halogens is 1. The summed E-state index contributed by atoms with van der Waals surface area (Å²) in [5.74, 6) is 1.37. The highest BCUT2D eigenvalue weighted by Gasteiger charge is 2.23. The Morgan fingerprint density at radius 2 is 1.65 bits per heavy atom. The second kappa shape index (κ2) is 10.9. The van der Waals surface area contributed by atoms with Crippen molar-refractivity contribution in [2.24, 2.45) is 0 Å². The predicted octanol–water partition coefficient (Wildman–Crippen LogP) is 5.88. The molecule has 0 radical (unpaired) electrons. The largest absolute Gasteiger partial charge is 0.457 e. The third kappa shape index (κ3) is 6.42. The van der Waals surface area contributed by atoms with Crippen LogP contribution in [0.3, 0.4) is 0 Å². The van der Waals surface area contributed by atoms with Crippen LogP contribution in [0.25, 0.3) is 0 Å². The second-order valence-electron chi connectivity index (χ2n) is 8.06. The fraction of sp³-hybridized carbons (Fsp3) is 0.231. The molecule has 3 N–H and O–H groups in total. The molecule has 7 nitrogen and oxygen atoms in total. The van der Waals surface area contributed by atoms with Crippen LogP contribution >= 0.6 is 11.6 Å². The summed E-state index contributed by atoms with van der Waals surface area (Å²) >= 11 is 5.98. The summed E-state index contributed by atoms with van der Waals surface area (Å²) in [4.78, 5) is 26.2. The minimum atomic E-state index is -0.334. The average molecular weight is 479 g/mol. The number of amides is 3. The van der Waals surface area contributed by atoms with Crippen LogP contribution in [-0.4, -0.2) is 31.1 Å². The normalized spacial score (nSPS) is 15.0. The molecule has 1 unspecified atom stereocenters. The predicted molar refractivity (Wildman–Crippen MR) is 136 cm³/mol. The Bertz CT molecular complexity index is 1140. The number of nitrogens with zero attached hydrogens (tertiary/aromatic N) is 1. The first kappa shape index (κ1) is 23.4. The fourth-order valence-electron chi connectivity index (χ4n) is 3.76. The zero-order chi connectivity index (χ0) is 23.9. The minimum Gasteiger partial charge on any atom is -0.457 e. The molecule has 3 aromatic carbocycles. The number of hydrogen-bond donors (Lipinski definition) is 3. The number of hydrogen-bond acceptors (Lipinski definition) is 4. The van der Waals surface area contributed by atoms with Gasteiger partial charge in [-0.1, -0.05) is 24.6 Å². The Morgan fingerprint density at radius 1 is 0.971 bits per heavy atom. The van der Waals surface area contributed by atoms with Crippen LogP contribution in [0.2, 0.25) is 5.02 Å². The van der Waals surface area contributed by atoms with Gasteiger partial charge in [0.1, 0.15) is 11.5 Å². The van der Waals surface area contributed by atoms with Crippen molar-refractivity contribution in [1.29, 1.82) is 0 Å². The molecule has 0 aliphatic carbocycles. The number of ether oxygens (including phenoxy) is 1. The van der Waals surface area contributed by atoms with E-state index in [1.165, 1.54) is 0 Å². The lowest BCUT2D eigenvalue weighted by molar-refractivity contribution is -0.121. The Labute approximate surface area is 204 Å². The van der Waals surface area contributed by atoms with E-state index >= 15 is 0 Å². The topological polar surface area (TPSA) is 82.7 Å². The summed E-state index contributed by atoms with van der Waals surface area (Å²) in [6.45, 7) is 3.53. The molecule has 4 rings (SSSR count). The van der Waals surface area contributed by atoms with Crippen LogP contribution < -0.4 is 25.6 Å². The molecule has 0 saturated carbocycles. The SMILES string of the molecule is CCC(=O)NC1CCN(c2ccc(NC(=O)Nc3ccc(Oc4cccc(Cl)c4)cc3)cc2)C1. The molecule has 0 spiro atoms. The van der Waals surface area contributed by atoms with Gasteiger partial charge in [0.05, 0.1) is 0 Å². The van der Waals surface area contributed by atoms with Crippen molar-refractivity contribution in [2.45, 2.75) is 25.8 Å². The Morgan fingerprint density at radius 3 is 2.29 bits per heavy atom. The maximum absolute atomic E-state index is 12.4. The van der Waals surface area contributed by atoms with E-state index in [9.17, 15) is 9.59 Å². The zero-order valence-corrected chi connectivity index (χ0v) is 19.6. The lowest BCUT2D eigenvalue weighted by Gasteiger charge is -2.19. The smallest absolute Gasteiger partial charge is 0.323 e. The average Bonchev–Trinajstić information content (AvgIpc) is 3.29. The van der Waals surface area contributed by atoms with Gasteiger partial charge in [0.15, 0.2) is 0 Å². The van der Waals surface area contributed by atoms with E-state index in [0.29, 0.717) is 34.3 Å². The number of benzene rings is 3. The summed E-state index contributed by atoms with van der Waals surface area (Å²) in [6, 6.07) is 21.8. The maximum atomic E-state index is 12.4. The highest BCUT2D eigenvalue weighted by molar-refractivity contribution is 6.30. The molecule has 1 aliphatic heterocycles. The Balaban J connectivity index is 1.26. The van der Waals surface area contributed by atoms with E-state index in [2.05, 4.69) is 20.9 Å². The Kier molecular flexibility index (Phi) is 7.54. The number of carbonyl (C=O) groups is 2. The summed E-state index contributed by atoms with van der Waals surface area (Å²) in [5.41, 5.74) is 2.40. The molecule has 176 valence electrons. The molecule has 1 saturated heterocycles. The quantitative estimate of drug-likeness (QED) is 0.396. The number of carbonyl (C=O) groups excluding carboxylic acids is 2. The van der Waals surface area contributed by atoms with E-state index in [1.54, 1.807) is 36.4 Å². The first-order valence-electron chi connectivity index (χ1n) is 11.2. The number of urea groups is 1. The molecule has 34 heavy (non-hydrogen) atoms. The lowest BCUT2D eigenvalue weighted by Crippen LogP contribution is -2.36. The summed E-state index contributed by atoms with van der Waals surface area (Å²) in [7, 11) is 0. The molecule has 1 atom stereocenters. The molecular formula is C26H27ClN4O3. The molecule has 0 bridgehead atoms. The van der Waals surface area contributed by atoms with Gasteiger partial charge in [-0.15, -0.1) is 0 Å². The third-order valence-corrected chi connectivity index (χ3v) is 5.74. The molecule has 1 fully saturated rings. The van der Waals surface area contributed by atoms with Crippen LogP contribution in [0, 0.1) is 0 Å². The third-order valence-electron chi connectivity index (χ3n) is 5.51. The van der Waals surface area contributed by atoms with E-state index in [1.807, 2.05) is 43.3 Å². The molecule has 0 aromatic heterocycles. The standard InChI is InChI=1S/C26H27ClN4O3/c1-2-25(32)28-21-14-15-31(17-21)22-10-6-19(7-11-22)29-26(33)30-20-8-12-23(13-9-20)34-24-5-3-4-18(27)16-24/h3-13,16,21H,2,14-15,17H2,1H3,(H,28,32)(H2,29,30,33). The Hall–Kier alpha value is -3.71. The van der Waals surface area contributed by atoms with Crippen molar-refractivity contribution in [1.82, 2.24) is 5.32 Å². The monoisotopic (exact) mass is 478 g/mol. The number of anilines is 3. The van der Waals surface area contributed by atoms with Gasteiger partial charge in [-0.3, -0.25) is 4.79 Å². The number of nitrogens with one attached hydrogen (secondary N) is 3. The van der Waals surface area contributed by atoms with Gasteiger partial charge < -0.3 is 25.6 Å². The van der Waals surface area contributed by atoms with Gasteiger partial charge in [0, 0.05) is 47.6 Å². The molecule has 8 heteroatoms. The molecule has 3 aromatic rings. The van der Waals surface area contributed by atoms with Crippen molar-refractivity contribution in [3.8, 4) is 11.5 Å². The van der Waals surface area contributed by atoms with E-state index in [0.717, 1.165) is 25.2 Å². The number of rotatable bonds is 7. The van der Waals surface area contributed by atoms with Crippen molar-refractivity contribution >= 4 is 40.6 Å². The van der Waals surface area contributed by atoms with Gasteiger partial charge in [-0.05, 0) is 73.2 Å². The van der Waals surface area contributed by atoms with Gasteiger partial charge in [-0.25, -0.2) is 4.79 Å². The molecule has 1 heterocycles. The van der Waals surface area contributed by atoms with Gasteiger partial charge in [-0.2, -0.15) is 0 Å². The highest BCUT2D eigenvalue weighted by Crippen LogP contribution is 2.26. The minimum absolute atomic E-state index is 0.0840. The van der Waals surface area contributed by atoms with Crippen molar-refractivity contribution in [3.05, 3.63) is 77.8 Å². The van der Waals surface area contributed by atoms with E-state index in [4.69, 9.17) is 16.3 Å². The van der Waals surface area contributed by atoms with Crippen LogP contribution in [0.5, 0.6) is 11.5 Å². The molecule has 3 amide bonds. The van der Waals surface area contributed by atoms with Crippen molar-refractivity contribution in [3.63, 3.8) is 0 Å². The lowest BCUT2D eigenvalue weighted by atomic mass is 10.2. The van der Waals surface area contributed by atoms with Gasteiger partial charge in [0.25, 0.3) is 0 Å². The maximum Gasteiger partial charge on any atom is 0.323 e. The zero-order valence-electron chi connectivity index (χ0n) is 18.9. The molecule has 1 aliphatic rings. The van der Waals surface area contributed by atoms with Crippen molar-refractivity contribution < 1.29 is 14.3 Å². The van der Waals surface area contributed by atoms with E-state index in [-0.39, 0.29) is 18.0 Å². The summed E-state index contributed by atoms with van der Waals surface area (Å²) in [6.07, 6.45) is 1.43. The highest BCUT2D eigenvalue weighted by atomic mass is 35.5. The first-order valence-corrected chi connectivity index (χ1v) is 11.6.